The summed E-state index contributed by atoms with van der Waals surface area (Å²) >= 11 is 7.26. The molecular weight excluding hydrogens is 436 g/mol. The predicted molar refractivity (Wildman–Crippen MR) is 120 cm³/mol. The SMILES string of the molecule is Cc1ccc(-c2noc(-c3nnc(SCC(=O)Nc4cc(Cl)ccc4C)n3C)n2)cc1. The Morgan fingerprint density at radius 2 is 1.94 bits per heavy atom. The van der Waals surface area contributed by atoms with E-state index in [1.807, 2.05) is 44.2 Å². The van der Waals surface area contributed by atoms with Gasteiger partial charge in [0.1, 0.15) is 0 Å². The molecule has 2 aromatic carbocycles. The smallest absolute Gasteiger partial charge is 0.296 e. The number of aryl methyl sites for hydroxylation is 2. The van der Waals surface area contributed by atoms with E-state index in [0.29, 0.717) is 27.5 Å². The minimum atomic E-state index is -0.167. The van der Waals surface area contributed by atoms with Crippen LogP contribution < -0.4 is 5.32 Å². The van der Waals surface area contributed by atoms with Crippen LogP contribution in [0.1, 0.15) is 11.1 Å². The molecule has 0 saturated carbocycles. The van der Waals surface area contributed by atoms with E-state index >= 15 is 0 Å². The minimum Gasteiger partial charge on any atom is -0.330 e. The van der Waals surface area contributed by atoms with Crippen LogP contribution in [-0.2, 0) is 11.8 Å². The molecule has 1 amide bonds. The lowest BCUT2D eigenvalue weighted by Crippen LogP contribution is -2.15. The van der Waals surface area contributed by atoms with Gasteiger partial charge in [-0.05, 0) is 31.5 Å². The number of thioether (sulfide) groups is 1. The van der Waals surface area contributed by atoms with E-state index in [1.165, 1.54) is 11.8 Å². The number of carbonyl (C=O) groups excluding carboxylic acids is 1. The molecule has 0 saturated heterocycles. The van der Waals surface area contributed by atoms with Gasteiger partial charge in [-0.25, -0.2) is 0 Å². The van der Waals surface area contributed by atoms with Gasteiger partial charge in [-0.15, -0.1) is 10.2 Å². The maximum atomic E-state index is 12.3. The van der Waals surface area contributed by atoms with E-state index < -0.39 is 0 Å². The monoisotopic (exact) mass is 454 g/mol. The van der Waals surface area contributed by atoms with Crippen LogP contribution in [0.3, 0.4) is 0 Å². The zero-order chi connectivity index (χ0) is 22.0. The maximum absolute atomic E-state index is 12.3. The standard InChI is InChI=1S/C21H19ClN6O2S/c1-12-4-7-14(8-5-12)18-24-20(30-27-18)19-25-26-21(28(19)3)31-11-17(29)23-16-10-15(22)9-6-13(16)2/h4-10H,11H2,1-3H3,(H,23,29). The van der Waals surface area contributed by atoms with Crippen molar-refractivity contribution in [1.82, 2.24) is 24.9 Å². The van der Waals surface area contributed by atoms with Crippen LogP contribution in [0.25, 0.3) is 23.1 Å². The third-order valence-corrected chi connectivity index (χ3v) is 5.82. The van der Waals surface area contributed by atoms with Gasteiger partial charge in [-0.1, -0.05) is 64.4 Å². The molecule has 0 unspecified atom stereocenters. The summed E-state index contributed by atoms with van der Waals surface area (Å²) in [5, 5.41) is 16.3. The van der Waals surface area contributed by atoms with Gasteiger partial charge in [0.25, 0.3) is 5.89 Å². The molecule has 31 heavy (non-hydrogen) atoms. The van der Waals surface area contributed by atoms with E-state index in [2.05, 4.69) is 25.7 Å². The molecule has 0 bridgehead atoms. The van der Waals surface area contributed by atoms with Gasteiger partial charge in [0, 0.05) is 23.3 Å². The van der Waals surface area contributed by atoms with Crippen LogP contribution in [0.15, 0.2) is 52.1 Å². The highest BCUT2D eigenvalue weighted by Gasteiger charge is 2.19. The molecule has 10 heteroatoms. The molecule has 1 N–H and O–H groups in total. The van der Waals surface area contributed by atoms with Crippen LogP contribution in [-0.4, -0.2) is 36.6 Å². The summed E-state index contributed by atoms with van der Waals surface area (Å²) < 4.78 is 7.09. The minimum absolute atomic E-state index is 0.163. The van der Waals surface area contributed by atoms with E-state index in [9.17, 15) is 4.79 Å². The fraction of sp³-hybridized carbons (Fsp3) is 0.190. The number of amides is 1. The Kier molecular flexibility index (Phi) is 6.06. The van der Waals surface area contributed by atoms with Crippen molar-refractivity contribution in [3.05, 3.63) is 58.6 Å². The summed E-state index contributed by atoms with van der Waals surface area (Å²) in [5.41, 5.74) is 3.62. The predicted octanol–water partition coefficient (Wildman–Crippen LogP) is 4.53. The molecule has 0 fully saturated rings. The Labute approximate surface area is 188 Å². The number of rotatable bonds is 6. The molecule has 0 aliphatic carbocycles. The molecule has 4 rings (SSSR count). The average molecular weight is 455 g/mol. The number of hydrogen-bond donors (Lipinski definition) is 1. The van der Waals surface area contributed by atoms with Gasteiger partial charge in [0.2, 0.25) is 17.6 Å². The Morgan fingerprint density at radius 3 is 2.71 bits per heavy atom. The molecule has 0 aliphatic heterocycles. The number of carbonyl (C=O) groups is 1. The average Bonchev–Trinajstić information content (AvgIpc) is 3.36. The first kappa shape index (κ1) is 21.1. The van der Waals surface area contributed by atoms with E-state index in [1.54, 1.807) is 23.7 Å². The summed E-state index contributed by atoms with van der Waals surface area (Å²) in [5.74, 6) is 1.16. The first-order valence-electron chi connectivity index (χ1n) is 9.40. The van der Waals surface area contributed by atoms with Crippen LogP contribution >= 0.6 is 23.4 Å². The molecule has 4 aromatic rings. The Morgan fingerprint density at radius 1 is 1.16 bits per heavy atom. The van der Waals surface area contributed by atoms with Crippen molar-refractivity contribution in [3.63, 3.8) is 0 Å². The summed E-state index contributed by atoms with van der Waals surface area (Å²) in [6.07, 6.45) is 0. The number of benzene rings is 2. The van der Waals surface area contributed by atoms with E-state index in [0.717, 1.165) is 16.7 Å². The van der Waals surface area contributed by atoms with Crippen LogP contribution in [0, 0.1) is 13.8 Å². The lowest BCUT2D eigenvalue weighted by atomic mass is 10.1. The second kappa shape index (κ2) is 8.91. The van der Waals surface area contributed by atoms with Gasteiger partial charge in [-0.2, -0.15) is 4.98 Å². The van der Waals surface area contributed by atoms with E-state index in [-0.39, 0.29) is 17.6 Å². The van der Waals surface area contributed by atoms with Crippen LogP contribution in [0.5, 0.6) is 0 Å². The van der Waals surface area contributed by atoms with Gasteiger partial charge in [0.15, 0.2) is 5.16 Å². The lowest BCUT2D eigenvalue weighted by Gasteiger charge is -2.08. The third-order valence-electron chi connectivity index (χ3n) is 4.57. The highest BCUT2D eigenvalue weighted by atomic mass is 35.5. The van der Waals surface area contributed by atoms with Gasteiger partial charge < -0.3 is 14.4 Å². The Balaban J connectivity index is 1.43. The maximum Gasteiger partial charge on any atom is 0.296 e. The van der Waals surface area contributed by atoms with Gasteiger partial charge in [0.05, 0.1) is 5.75 Å². The fourth-order valence-corrected chi connectivity index (χ4v) is 3.69. The number of halogens is 1. The van der Waals surface area contributed by atoms with Crippen molar-refractivity contribution in [2.45, 2.75) is 19.0 Å². The Bertz CT molecular complexity index is 1240. The highest BCUT2D eigenvalue weighted by molar-refractivity contribution is 7.99. The summed E-state index contributed by atoms with van der Waals surface area (Å²) in [6.45, 7) is 3.92. The van der Waals surface area contributed by atoms with Crippen LogP contribution in [0.4, 0.5) is 5.69 Å². The zero-order valence-corrected chi connectivity index (χ0v) is 18.7. The zero-order valence-electron chi connectivity index (χ0n) is 17.1. The number of anilines is 1. The second-order valence-electron chi connectivity index (χ2n) is 6.95. The van der Waals surface area contributed by atoms with Crippen LogP contribution in [0.2, 0.25) is 5.02 Å². The highest BCUT2D eigenvalue weighted by Crippen LogP contribution is 2.25. The summed E-state index contributed by atoms with van der Waals surface area (Å²) in [4.78, 5) is 16.8. The molecule has 158 valence electrons. The van der Waals surface area contributed by atoms with Crippen molar-refractivity contribution in [2.24, 2.45) is 7.05 Å². The van der Waals surface area contributed by atoms with E-state index in [4.69, 9.17) is 16.1 Å². The summed E-state index contributed by atoms with van der Waals surface area (Å²) in [6, 6.07) is 13.2. The van der Waals surface area contributed by atoms with Crippen molar-refractivity contribution in [1.29, 1.82) is 0 Å². The first-order chi connectivity index (χ1) is 14.9. The fourth-order valence-electron chi connectivity index (χ4n) is 2.81. The number of aromatic nitrogens is 5. The molecule has 2 aromatic heterocycles. The Hall–Kier alpha value is -3.17. The molecule has 2 heterocycles. The quantitative estimate of drug-likeness (QED) is 0.427. The molecular formula is C21H19ClN6O2S. The molecule has 0 spiro atoms. The number of nitrogens with one attached hydrogen (secondary N) is 1. The topological polar surface area (TPSA) is 98.7 Å². The number of hydrogen-bond acceptors (Lipinski definition) is 7. The largest absolute Gasteiger partial charge is 0.330 e. The third kappa shape index (κ3) is 4.78. The first-order valence-corrected chi connectivity index (χ1v) is 10.8. The molecule has 0 aliphatic rings. The van der Waals surface area contributed by atoms with Gasteiger partial charge in [-0.3, -0.25) is 4.79 Å². The molecule has 0 atom stereocenters. The number of nitrogens with zero attached hydrogens (tertiary/aromatic N) is 5. The molecule has 8 nitrogen and oxygen atoms in total. The second-order valence-corrected chi connectivity index (χ2v) is 8.33. The van der Waals surface area contributed by atoms with Crippen molar-refractivity contribution >= 4 is 35.0 Å². The molecule has 0 radical (unpaired) electrons. The van der Waals surface area contributed by atoms with Crippen molar-refractivity contribution < 1.29 is 9.32 Å². The van der Waals surface area contributed by atoms with Gasteiger partial charge >= 0.3 is 0 Å². The summed E-state index contributed by atoms with van der Waals surface area (Å²) in [7, 11) is 1.78. The van der Waals surface area contributed by atoms with Crippen molar-refractivity contribution in [2.75, 3.05) is 11.1 Å². The van der Waals surface area contributed by atoms with Crippen molar-refractivity contribution in [3.8, 4) is 23.1 Å². The lowest BCUT2D eigenvalue weighted by molar-refractivity contribution is -0.113. The normalized spacial score (nSPS) is 11.0.